The van der Waals surface area contributed by atoms with Gasteiger partial charge in [0.1, 0.15) is 0 Å². The van der Waals surface area contributed by atoms with E-state index >= 15 is 0 Å². The molecule has 1 aliphatic rings. The van der Waals surface area contributed by atoms with E-state index in [-0.39, 0.29) is 0 Å². The van der Waals surface area contributed by atoms with Crippen molar-refractivity contribution in [2.24, 2.45) is 0 Å². The van der Waals surface area contributed by atoms with Crippen molar-refractivity contribution in [2.45, 2.75) is 25.8 Å². The Hall–Kier alpha value is -2.57. The Bertz CT molecular complexity index is 674. The van der Waals surface area contributed by atoms with Gasteiger partial charge in [-0.05, 0) is 37.0 Å². The number of anilines is 2. The Kier molecular flexibility index (Phi) is 5.30. The van der Waals surface area contributed by atoms with Gasteiger partial charge in [-0.15, -0.1) is 5.10 Å². The molecule has 0 aliphatic carbocycles. The van der Waals surface area contributed by atoms with E-state index in [4.69, 9.17) is 9.47 Å². The number of nitrogens with zero attached hydrogens (tertiary/aromatic N) is 4. The summed E-state index contributed by atoms with van der Waals surface area (Å²) in [7, 11) is 3.26. The van der Waals surface area contributed by atoms with E-state index in [9.17, 15) is 0 Å². The van der Waals surface area contributed by atoms with Crippen LogP contribution in [0.25, 0.3) is 0 Å². The summed E-state index contributed by atoms with van der Waals surface area (Å²) in [5.74, 6) is 2.84. The number of hydrogen-bond donors (Lipinski definition) is 1. The third kappa shape index (κ3) is 3.84. The van der Waals surface area contributed by atoms with Crippen molar-refractivity contribution in [3.8, 4) is 11.5 Å². The van der Waals surface area contributed by atoms with Gasteiger partial charge in [-0.3, -0.25) is 0 Å². The predicted octanol–water partition coefficient (Wildman–Crippen LogP) is 2.49. The van der Waals surface area contributed by atoms with Crippen LogP contribution in [0.15, 0.2) is 24.4 Å². The Morgan fingerprint density at radius 3 is 2.62 bits per heavy atom. The zero-order valence-corrected chi connectivity index (χ0v) is 14.2. The second-order valence-corrected chi connectivity index (χ2v) is 5.73. The molecule has 1 aromatic carbocycles. The van der Waals surface area contributed by atoms with Crippen molar-refractivity contribution in [3.05, 3.63) is 30.0 Å². The second kappa shape index (κ2) is 7.81. The number of benzene rings is 1. The Labute approximate surface area is 142 Å². The summed E-state index contributed by atoms with van der Waals surface area (Å²) in [6, 6.07) is 5.81. The van der Waals surface area contributed by atoms with Gasteiger partial charge >= 0.3 is 0 Å². The molecule has 0 radical (unpaired) electrons. The molecule has 0 saturated carbocycles. The summed E-state index contributed by atoms with van der Waals surface area (Å²) in [5, 5.41) is 11.4. The lowest BCUT2D eigenvalue weighted by molar-refractivity contribution is 0.354. The van der Waals surface area contributed by atoms with E-state index < -0.39 is 0 Å². The van der Waals surface area contributed by atoms with Gasteiger partial charge in [0.25, 0.3) is 0 Å². The fourth-order valence-electron chi connectivity index (χ4n) is 2.82. The molecule has 1 N–H and O–H groups in total. The highest BCUT2D eigenvalue weighted by Crippen LogP contribution is 2.27. The van der Waals surface area contributed by atoms with Crippen molar-refractivity contribution in [3.63, 3.8) is 0 Å². The molecular formula is C17H23N5O2. The van der Waals surface area contributed by atoms with E-state index in [1.165, 1.54) is 19.3 Å². The van der Waals surface area contributed by atoms with Crippen LogP contribution in [0.3, 0.4) is 0 Å². The van der Waals surface area contributed by atoms with Crippen LogP contribution in [0.1, 0.15) is 24.8 Å². The molecule has 0 unspecified atom stereocenters. The van der Waals surface area contributed by atoms with Gasteiger partial charge in [0.15, 0.2) is 17.3 Å². The van der Waals surface area contributed by atoms with Crippen molar-refractivity contribution in [1.29, 1.82) is 0 Å². The van der Waals surface area contributed by atoms with E-state index in [1.54, 1.807) is 20.4 Å². The van der Waals surface area contributed by atoms with Crippen LogP contribution in [0, 0.1) is 0 Å². The third-order valence-corrected chi connectivity index (χ3v) is 4.12. The van der Waals surface area contributed by atoms with Gasteiger partial charge in [-0.2, -0.15) is 10.1 Å². The molecule has 0 spiro atoms. The summed E-state index contributed by atoms with van der Waals surface area (Å²) in [4.78, 5) is 6.84. The zero-order valence-electron chi connectivity index (χ0n) is 14.2. The molecule has 2 heterocycles. The number of ether oxygens (including phenoxy) is 2. The molecule has 1 saturated heterocycles. The smallest absolute Gasteiger partial charge is 0.244 e. The lowest BCUT2D eigenvalue weighted by Crippen LogP contribution is -2.30. The number of hydrogen-bond acceptors (Lipinski definition) is 7. The first kappa shape index (κ1) is 16.3. The number of methoxy groups -OCH3 is 2. The fraction of sp³-hybridized carbons (Fsp3) is 0.471. The molecule has 24 heavy (non-hydrogen) atoms. The minimum Gasteiger partial charge on any atom is -0.493 e. The zero-order chi connectivity index (χ0) is 16.8. The van der Waals surface area contributed by atoms with Gasteiger partial charge in [0.2, 0.25) is 5.95 Å². The fourth-order valence-corrected chi connectivity index (χ4v) is 2.82. The first-order valence-corrected chi connectivity index (χ1v) is 8.19. The van der Waals surface area contributed by atoms with E-state index in [0.717, 1.165) is 24.5 Å². The molecule has 1 aliphatic heterocycles. The lowest BCUT2D eigenvalue weighted by atomic mass is 10.1. The maximum Gasteiger partial charge on any atom is 0.244 e. The van der Waals surface area contributed by atoms with Crippen LogP contribution in [0.4, 0.5) is 11.8 Å². The first-order chi connectivity index (χ1) is 11.8. The number of piperidine rings is 1. The highest BCUT2D eigenvalue weighted by Gasteiger charge is 2.13. The molecule has 0 atom stereocenters. The number of nitrogens with one attached hydrogen (secondary N) is 1. The van der Waals surface area contributed by atoms with Crippen molar-refractivity contribution >= 4 is 11.8 Å². The number of aromatic nitrogens is 3. The molecule has 7 heteroatoms. The molecule has 3 rings (SSSR count). The molecule has 0 amide bonds. The standard InChI is InChI=1S/C17H23N5O2/c1-23-14-7-6-13(10-15(14)24-2)11-18-17-20-16(12-19-21-17)22-8-4-3-5-9-22/h6-7,10,12H,3-5,8-9,11H2,1-2H3,(H,18,20,21). The van der Waals surface area contributed by atoms with Crippen LogP contribution in [0.2, 0.25) is 0 Å². The molecule has 128 valence electrons. The summed E-state index contributed by atoms with van der Waals surface area (Å²) in [6.45, 7) is 2.66. The molecule has 1 aromatic heterocycles. The third-order valence-electron chi connectivity index (χ3n) is 4.12. The van der Waals surface area contributed by atoms with E-state index in [2.05, 4.69) is 25.4 Å². The average molecular weight is 329 g/mol. The molecule has 2 aromatic rings. The van der Waals surface area contributed by atoms with Crippen LogP contribution >= 0.6 is 0 Å². The summed E-state index contributed by atoms with van der Waals surface area (Å²) >= 11 is 0. The number of rotatable bonds is 6. The van der Waals surface area contributed by atoms with Crippen molar-refractivity contribution < 1.29 is 9.47 Å². The molecule has 1 fully saturated rings. The van der Waals surface area contributed by atoms with Gasteiger partial charge in [0.05, 0.1) is 20.4 Å². The average Bonchev–Trinajstić information content (AvgIpc) is 2.67. The van der Waals surface area contributed by atoms with Crippen LogP contribution in [-0.2, 0) is 6.54 Å². The van der Waals surface area contributed by atoms with Gasteiger partial charge in [-0.1, -0.05) is 6.07 Å². The largest absolute Gasteiger partial charge is 0.493 e. The second-order valence-electron chi connectivity index (χ2n) is 5.73. The molecule has 7 nitrogen and oxygen atoms in total. The summed E-state index contributed by atoms with van der Waals surface area (Å²) in [6.07, 6.45) is 5.43. The minimum atomic E-state index is 0.535. The molecular weight excluding hydrogens is 306 g/mol. The van der Waals surface area contributed by atoms with Crippen molar-refractivity contribution in [2.75, 3.05) is 37.5 Å². The van der Waals surface area contributed by atoms with Gasteiger partial charge < -0.3 is 19.7 Å². The maximum absolute atomic E-state index is 5.32. The highest BCUT2D eigenvalue weighted by atomic mass is 16.5. The van der Waals surface area contributed by atoms with Gasteiger partial charge in [-0.25, -0.2) is 0 Å². The van der Waals surface area contributed by atoms with Crippen LogP contribution < -0.4 is 19.7 Å². The normalized spacial score (nSPS) is 14.3. The lowest BCUT2D eigenvalue weighted by Gasteiger charge is -2.27. The summed E-state index contributed by atoms with van der Waals surface area (Å²) < 4.78 is 10.6. The quantitative estimate of drug-likeness (QED) is 0.873. The monoisotopic (exact) mass is 329 g/mol. The van der Waals surface area contributed by atoms with Crippen LogP contribution in [0.5, 0.6) is 11.5 Å². The maximum atomic E-state index is 5.32. The highest BCUT2D eigenvalue weighted by molar-refractivity contribution is 5.44. The first-order valence-electron chi connectivity index (χ1n) is 8.19. The SMILES string of the molecule is COc1ccc(CNc2nncc(N3CCCCC3)n2)cc1OC. The summed E-state index contributed by atoms with van der Waals surface area (Å²) in [5.41, 5.74) is 1.06. The Morgan fingerprint density at radius 1 is 1.08 bits per heavy atom. The van der Waals surface area contributed by atoms with Crippen molar-refractivity contribution in [1.82, 2.24) is 15.2 Å². The minimum absolute atomic E-state index is 0.535. The topological polar surface area (TPSA) is 72.4 Å². The predicted molar refractivity (Wildman–Crippen MR) is 92.8 cm³/mol. The van der Waals surface area contributed by atoms with Gasteiger partial charge in [0, 0.05) is 19.6 Å². The van der Waals surface area contributed by atoms with E-state index in [0.29, 0.717) is 24.0 Å². The van der Waals surface area contributed by atoms with E-state index in [1.807, 2.05) is 18.2 Å². The Balaban J connectivity index is 1.66. The molecule has 0 bridgehead atoms. The van der Waals surface area contributed by atoms with Crippen LogP contribution in [-0.4, -0.2) is 42.5 Å². The Morgan fingerprint density at radius 2 is 1.88 bits per heavy atom.